The smallest absolute Gasteiger partial charge is 0.251 e. The second-order valence-electron chi connectivity index (χ2n) is 4.54. The lowest BCUT2D eigenvalue weighted by molar-refractivity contribution is 0.0953. The van der Waals surface area contributed by atoms with Gasteiger partial charge in [-0.1, -0.05) is 11.2 Å². The zero-order valence-electron chi connectivity index (χ0n) is 11.9. The van der Waals surface area contributed by atoms with Crippen molar-refractivity contribution in [3.63, 3.8) is 0 Å². The Morgan fingerprint density at radius 1 is 1.40 bits per heavy atom. The minimum absolute atomic E-state index is 0.115. The Morgan fingerprint density at radius 3 is 2.85 bits per heavy atom. The number of aryl methyl sites for hydroxylation is 2. The molecule has 0 aliphatic carbocycles. The van der Waals surface area contributed by atoms with Crippen molar-refractivity contribution in [3.8, 4) is 5.75 Å². The largest absolute Gasteiger partial charge is 0.497 e. The van der Waals surface area contributed by atoms with Crippen LogP contribution in [0.25, 0.3) is 0 Å². The summed E-state index contributed by atoms with van der Waals surface area (Å²) in [5.41, 5.74) is 2.51. The van der Waals surface area contributed by atoms with Gasteiger partial charge >= 0.3 is 0 Å². The molecule has 0 spiro atoms. The third-order valence-corrected chi connectivity index (χ3v) is 3.17. The predicted molar refractivity (Wildman–Crippen MR) is 75.0 cm³/mol. The van der Waals surface area contributed by atoms with Gasteiger partial charge in [-0.05, 0) is 38.5 Å². The summed E-state index contributed by atoms with van der Waals surface area (Å²) in [6.07, 6.45) is 0.705. The quantitative estimate of drug-likeness (QED) is 0.908. The molecule has 2 rings (SSSR count). The number of aromatic nitrogens is 1. The van der Waals surface area contributed by atoms with Gasteiger partial charge in [0.2, 0.25) is 0 Å². The maximum atomic E-state index is 12.0. The highest BCUT2D eigenvalue weighted by Crippen LogP contribution is 2.13. The number of rotatable bonds is 5. The van der Waals surface area contributed by atoms with E-state index in [9.17, 15) is 4.79 Å². The average Bonchev–Trinajstić information content (AvgIpc) is 2.79. The molecule has 0 saturated carbocycles. The Hall–Kier alpha value is -2.30. The summed E-state index contributed by atoms with van der Waals surface area (Å²) in [5, 5.41) is 6.77. The number of carbonyl (C=O) groups is 1. The molecule has 20 heavy (non-hydrogen) atoms. The van der Waals surface area contributed by atoms with E-state index in [-0.39, 0.29) is 5.91 Å². The molecule has 5 nitrogen and oxygen atoms in total. The topological polar surface area (TPSA) is 64.4 Å². The first-order valence-electron chi connectivity index (χ1n) is 6.46. The molecule has 1 amide bonds. The summed E-state index contributed by atoms with van der Waals surface area (Å²) in [6, 6.07) is 7.07. The molecule has 1 aromatic heterocycles. The number of hydrogen-bond donors (Lipinski definition) is 1. The van der Waals surface area contributed by atoms with Crippen molar-refractivity contribution in [2.24, 2.45) is 0 Å². The second-order valence-corrected chi connectivity index (χ2v) is 4.54. The van der Waals surface area contributed by atoms with Crippen LogP contribution in [0.4, 0.5) is 0 Å². The SMILES string of the molecule is COc1cccc(C(=O)NCCc2c(C)noc2C)c1. The van der Waals surface area contributed by atoms with Gasteiger partial charge in [-0.3, -0.25) is 4.79 Å². The van der Waals surface area contributed by atoms with Crippen LogP contribution in [0.3, 0.4) is 0 Å². The van der Waals surface area contributed by atoms with E-state index in [0.29, 0.717) is 24.3 Å². The summed E-state index contributed by atoms with van der Waals surface area (Å²) in [5.74, 6) is 1.36. The van der Waals surface area contributed by atoms with Crippen LogP contribution >= 0.6 is 0 Å². The summed E-state index contributed by atoms with van der Waals surface area (Å²) in [4.78, 5) is 12.0. The van der Waals surface area contributed by atoms with Gasteiger partial charge in [0.05, 0.1) is 12.8 Å². The number of benzene rings is 1. The lowest BCUT2D eigenvalue weighted by atomic mass is 10.1. The first-order chi connectivity index (χ1) is 9.61. The van der Waals surface area contributed by atoms with E-state index in [0.717, 1.165) is 17.0 Å². The van der Waals surface area contributed by atoms with E-state index in [1.807, 2.05) is 13.8 Å². The molecule has 0 saturated heterocycles. The van der Waals surface area contributed by atoms with E-state index < -0.39 is 0 Å². The average molecular weight is 274 g/mol. The van der Waals surface area contributed by atoms with Crippen LogP contribution in [-0.2, 0) is 6.42 Å². The van der Waals surface area contributed by atoms with Crippen LogP contribution in [0.2, 0.25) is 0 Å². The molecule has 0 aliphatic heterocycles. The van der Waals surface area contributed by atoms with Crippen molar-refractivity contribution < 1.29 is 14.1 Å². The number of ether oxygens (including phenoxy) is 1. The van der Waals surface area contributed by atoms with Crippen LogP contribution in [0.5, 0.6) is 5.75 Å². The van der Waals surface area contributed by atoms with Crippen LogP contribution in [0.15, 0.2) is 28.8 Å². The highest BCUT2D eigenvalue weighted by Gasteiger charge is 2.10. The molecule has 0 radical (unpaired) electrons. The molecular formula is C15H18N2O3. The van der Waals surface area contributed by atoms with Crippen molar-refractivity contribution in [2.75, 3.05) is 13.7 Å². The number of amides is 1. The molecular weight excluding hydrogens is 256 g/mol. The normalized spacial score (nSPS) is 10.3. The van der Waals surface area contributed by atoms with Crippen molar-refractivity contribution in [2.45, 2.75) is 20.3 Å². The molecule has 1 heterocycles. The zero-order chi connectivity index (χ0) is 14.5. The lowest BCUT2D eigenvalue weighted by Gasteiger charge is -2.06. The van der Waals surface area contributed by atoms with E-state index in [1.165, 1.54) is 0 Å². The van der Waals surface area contributed by atoms with Gasteiger partial charge in [-0.25, -0.2) is 0 Å². The molecule has 0 atom stereocenters. The van der Waals surface area contributed by atoms with Crippen LogP contribution in [-0.4, -0.2) is 24.7 Å². The maximum absolute atomic E-state index is 12.0. The van der Waals surface area contributed by atoms with Crippen molar-refractivity contribution in [1.29, 1.82) is 0 Å². The fourth-order valence-electron chi connectivity index (χ4n) is 2.03. The highest BCUT2D eigenvalue weighted by atomic mass is 16.5. The van der Waals surface area contributed by atoms with Gasteiger partial charge in [0.25, 0.3) is 5.91 Å². The number of carbonyl (C=O) groups excluding carboxylic acids is 1. The summed E-state index contributed by atoms with van der Waals surface area (Å²) < 4.78 is 10.2. The Morgan fingerprint density at radius 2 is 2.20 bits per heavy atom. The molecule has 0 bridgehead atoms. The van der Waals surface area contributed by atoms with Gasteiger partial charge in [-0.15, -0.1) is 0 Å². The summed E-state index contributed by atoms with van der Waals surface area (Å²) >= 11 is 0. The zero-order valence-corrected chi connectivity index (χ0v) is 11.9. The second kappa shape index (κ2) is 6.23. The van der Waals surface area contributed by atoms with Crippen molar-refractivity contribution in [1.82, 2.24) is 10.5 Å². The number of nitrogens with one attached hydrogen (secondary N) is 1. The fourth-order valence-corrected chi connectivity index (χ4v) is 2.03. The van der Waals surface area contributed by atoms with Gasteiger partial charge in [0.15, 0.2) is 0 Å². The standard InChI is InChI=1S/C15H18N2O3/c1-10-14(11(2)20-17-10)7-8-16-15(18)12-5-4-6-13(9-12)19-3/h4-6,9H,7-8H2,1-3H3,(H,16,18). The predicted octanol–water partition coefficient (Wildman–Crippen LogP) is 2.27. The van der Waals surface area contributed by atoms with Crippen LogP contribution in [0, 0.1) is 13.8 Å². The summed E-state index contributed by atoms with van der Waals surface area (Å²) in [6.45, 7) is 4.31. The van der Waals surface area contributed by atoms with Gasteiger partial charge in [0, 0.05) is 17.7 Å². The Kier molecular flexibility index (Phi) is 4.40. The first-order valence-corrected chi connectivity index (χ1v) is 6.46. The molecule has 2 aromatic rings. The lowest BCUT2D eigenvalue weighted by Crippen LogP contribution is -2.25. The minimum atomic E-state index is -0.115. The van der Waals surface area contributed by atoms with Gasteiger partial charge in [-0.2, -0.15) is 0 Å². The highest BCUT2D eigenvalue weighted by molar-refractivity contribution is 5.94. The van der Waals surface area contributed by atoms with Gasteiger partial charge in [0.1, 0.15) is 11.5 Å². The van der Waals surface area contributed by atoms with E-state index in [2.05, 4.69) is 10.5 Å². The maximum Gasteiger partial charge on any atom is 0.251 e. The minimum Gasteiger partial charge on any atom is -0.497 e. The molecule has 1 aromatic carbocycles. The van der Waals surface area contributed by atoms with E-state index >= 15 is 0 Å². The van der Waals surface area contributed by atoms with Gasteiger partial charge < -0.3 is 14.6 Å². The third kappa shape index (κ3) is 3.17. The van der Waals surface area contributed by atoms with Crippen molar-refractivity contribution in [3.05, 3.63) is 46.8 Å². The number of hydrogen-bond acceptors (Lipinski definition) is 4. The number of nitrogens with zero attached hydrogens (tertiary/aromatic N) is 1. The molecule has 0 unspecified atom stereocenters. The van der Waals surface area contributed by atoms with Crippen LogP contribution in [0.1, 0.15) is 27.4 Å². The molecule has 5 heteroatoms. The fraction of sp³-hybridized carbons (Fsp3) is 0.333. The van der Waals surface area contributed by atoms with Crippen molar-refractivity contribution >= 4 is 5.91 Å². The molecule has 106 valence electrons. The first kappa shape index (κ1) is 14.1. The summed E-state index contributed by atoms with van der Waals surface area (Å²) in [7, 11) is 1.58. The molecule has 0 fully saturated rings. The third-order valence-electron chi connectivity index (χ3n) is 3.17. The Labute approximate surface area is 117 Å². The number of methoxy groups -OCH3 is 1. The molecule has 0 aliphatic rings. The monoisotopic (exact) mass is 274 g/mol. The Balaban J connectivity index is 1.92. The van der Waals surface area contributed by atoms with E-state index in [1.54, 1.807) is 31.4 Å². The van der Waals surface area contributed by atoms with Crippen LogP contribution < -0.4 is 10.1 Å². The Bertz CT molecular complexity index is 585. The van der Waals surface area contributed by atoms with E-state index in [4.69, 9.17) is 9.26 Å². The molecule has 1 N–H and O–H groups in total.